The minimum Gasteiger partial charge on any atom is -0.355 e. The zero-order valence-corrected chi connectivity index (χ0v) is 16.8. The molecule has 1 saturated heterocycles. The molecule has 1 atom stereocenters. The van der Waals surface area contributed by atoms with Crippen molar-refractivity contribution in [3.05, 3.63) is 90.5 Å². The van der Waals surface area contributed by atoms with E-state index in [2.05, 4.69) is 10.6 Å². The minimum atomic E-state index is -0.211. The Morgan fingerprint density at radius 2 is 1.43 bits per heavy atom. The molecule has 1 aliphatic rings. The van der Waals surface area contributed by atoms with Crippen LogP contribution in [-0.2, 0) is 4.79 Å². The molecule has 0 aliphatic carbocycles. The normalized spacial score (nSPS) is 16.0. The monoisotopic (exact) mass is 399 g/mol. The molecule has 0 radical (unpaired) electrons. The Bertz CT molecular complexity index is 1010. The maximum atomic E-state index is 13.3. The van der Waals surface area contributed by atoms with E-state index in [-0.39, 0.29) is 17.7 Å². The lowest BCUT2D eigenvalue weighted by atomic mass is 9.96. The molecule has 5 nitrogen and oxygen atoms in total. The summed E-state index contributed by atoms with van der Waals surface area (Å²) in [6.07, 6.45) is 1.60. The molecule has 0 spiro atoms. The zero-order valence-electron chi connectivity index (χ0n) is 16.8. The second-order valence-electron chi connectivity index (χ2n) is 7.48. The summed E-state index contributed by atoms with van der Waals surface area (Å²) >= 11 is 0. The van der Waals surface area contributed by atoms with E-state index in [4.69, 9.17) is 0 Å². The Balaban J connectivity index is 1.46. The highest BCUT2D eigenvalue weighted by molar-refractivity contribution is 6.01. The SMILES string of the molecule is O=C(Nc1ccccc1)C1CCCN(C(=O)c2ccccc2Nc2ccccc2)C1. The number of nitrogens with one attached hydrogen (secondary N) is 2. The van der Waals surface area contributed by atoms with Gasteiger partial charge in [-0.25, -0.2) is 0 Å². The summed E-state index contributed by atoms with van der Waals surface area (Å²) in [5.41, 5.74) is 3.09. The van der Waals surface area contributed by atoms with Crippen LogP contribution in [-0.4, -0.2) is 29.8 Å². The number of likely N-dealkylation sites (tertiary alicyclic amines) is 1. The van der Waals surface area contributed by atoms with Crippen LogP contribution in [0.3, 0.4) is 0 Å². The number of piperidine rings is 1. The van der Waals surface area contributed by atoms with Gasteiger partial charge in [-0.3, -0.25) is 9.59 Å². The van der Waals surface area contributed by atoms with Crippen LogP contribution in [0.2, 0.25) is 0 Å². The summed E-state index contributed by atoms with van der Waals surface area (Å²) in [6.45, 7) is 1.09. The van der Waals surface area contributed by atoms with E-state index in [0.717, 1.165) is 29.9 Å². The van der Waals surface area contributed by atoms with Gasteiger partial charge in [-0.15, -0.1) is 0 Å². The average molecular weight is 399 g/mol. The van der Waals surface area contributed by atoms with Gasteiger partial charge in [-0.05, 0) is 49.2 Å². The quantitative estimate of drug-likeness (QED) is 0.640. The van der Waals surface area contributed by atoms with Crippen molar-refractivity contribution in [1.82, 2.24) is 4.90 Å². The topological polar surface area (TPSA) is 61.4 Å². The Labute approximate surface area is 176 Å². The molecule has 0 bridgehead atoms. The molecule has 3 aromatic rings. The molecule has 0 saturated carbocycles. The summed E-state index contributed by atoms with van der Waals surface area (Å²) in [5.74, 6) is -0.294. The van der Waals surface area contributed by atoms with Gasteiger partial charge in [0.1, 0.15) is 0 Å². The molecule has 2 amide bonds. The molecule has 2 N–H and O–H groups in total. The van der Waals surface area contributed by atoms with Crippen molar-refractivity contribution < 1.29 is 9.59 Å². The summed E-state index contributed by atoms with van der Waals surface area (Å²) < 4.78 is 0. The molecular weight excluding hydrogens is 374 g/mol. The van der Waals surface area contributed by atoms with E-state index in [9.17, 15) is 9.59 Å². The molecule has 1 heterocycles. The number of carbonyl (C=O) groups excluding carboxylic acids is 2. The van der Waals surface area contributed by atoms with Gasteiger partial charge in [-0.2, -0.15) is 0 Å². The van der Waals surface area contributed by atoms with Gasteiger partial charge in [-0.1, -0.05) is 48.5 Å². The molecule has 30 heavy (non-hydrogen) atoms. The number of amides is 2. The Kier molecular flexibility index (Phi) is 6.09. The second-order valence-corrected chi connectivity index (χ2v) is 7.48. The van der Waals surface area contributed by atoms with Gasteiger partial charge in [0.15, 0.2) is 0 Å². The van der Waals surface area contributed by atoms with Gasteiger partial charge in [0, 0.05) is 24.5 Å². The highest BCUT2D eigenvalue weighted by atomic mass is 16.2. The van der Waals surface area contributed by atoms with E-state index in [1.54, 1.807) is 4.90 Å². The minimum absolute atomic E-state index is 0.0330. The van der Waals surface area contributed by atoms with E-state index >= 15 is 0 Å². The molecule has 0 aromatic heterocycles. The van der Waals surface area contributed by atoms with E-state index < -0.39 is 0 Å². The largest absolute Gasteiger partial charge is 0.355 e. The van der Waals surface area contributed by atoms with Gasteiger partial charge >= 0.3 is 0 Å². The first-order valence-corrected chi connectivity index (χ1v) is 10.3. The van der Waals surface area contributed by atoms with Crippen LogP contribution in [0.25, 0.3) is 0 Å². The maximum absolute atomic E-state index is 13.3. The Morgan fingerprint density at radius 1 is 0.800 bits per heavy atom. The fourth-order valence-electron chi connectivity index (χ4n) is 3.77. The fraction of sp³-hybridized carbons (Fsp3) is 0.200. The number of rotatable bonds is 5. The number of hydrogen-bond donors (Lipinski definition) is 2. The first kappa shape index (κ1) is 19.7. The molecule has 3 aromatic carbocycles. The summed E-state index contributed by atoms with van der Waals surface area (Å²) in [6, 6.07) is 26.7. The third kappa shape index (κ3) is 4.69. The van der Waals surface area contributed by atoms with Crippen molar-refractivity contribution in [2.75, 3.05) is 23.7 Å². The van der Waals surface area contributed by atoms with Gasteiger partial charge < -0.3 is 15.5 Å². The molecule has 1 unspecified atom stereocenters. The van der Waals surface area contributed by atoms with Crippen LogP contribution >= 0.6 is 0 Å². The van der Waals surface area contributed by atoms with Crippen molar-refractivity contribution in [2.24, 2.45) is 5.92 Å². The number of benzene rings is 3. The third-order valence-electron chi connectivity index (χ3n) is 5.33. The lowest BCUT2D eigenvalue weighted by molar-refractivity contribution is -0.121. The third-order valence-corrected chi connectivity index (χ3v) is 5.33. The van der Waals surface area contributed by atoms with Crippen molar-refractivity contribution in [2.45, 2.75) is 12.8 Å². The van der Waals surface area contributed by atoms with Crippen LogP contribution in [0, 0.1) is 5.92 Å². The van der Waals surface area contributed by atoms with Gasteiger partial charge in [0.25, 0.3) is 5.91 Å². The number of hydrogen-bond acceptors (Lipinski definition) is 3. The van der Waals surface area contributed by atoms with Crippen LogP contribution in [0.15, 0.2) is 84.9 Å². The van der Waals surface area contributed by atoms with E-state index in [0.29, 0.717) is 18.7 Å². The number of para-hydroxylation sites is 3. The van der Waals surface area contributed by atoms with Crippen molar-refractivity contribution in [1.29, 1.82) is 0 Å². The molecule has 4 rings (SSSR count). The number of nitrogens with zero attached hydrogens (tertiary/aromatic N) is 1. The standard InChI is InChI=1S/C25H25N3O2/c29-24(27-21-13-5-2-6-14-21)19-10-9-17-28(18-19)25(30)22-15-7-8-16-23(22)26-20-11-3-1-4-12-20/h1-8,11-16,19,26H,9-10,17-18H2,(H,27,29). The smallest absolute Gasteiger partial charge is 0.255 e. The number of carbonyl (C=O) groups is 2. The van der Waals surface area contributed by atoms with Crippen molar-refractivity contribution >= 4 is 28.9 Å². The predicted molar refractivity (Wildman–Crippen MR) is 120 cm³/mol. The molecule has 1 fully saturated rings. The molecule has 152 valence electrons. The highest BCUT2D eigenvalue weighted by Gasteiger charge is 2.29. The van der Waals surface area contributed by atoms with Gasteiger partial charge in [0.2, 0.25) is 5.91 Å². The fourth-order valence-corrected chi connectivity index (χ4v) is 3.77. The molecule has 5 heteroatoms. The van der Waals surface area contributed by atoms with Crippen LogP contribution < -0.4 is 10.6 Å². The second kappa shape index (κ2) is 9.27. The van der Waals surface area contributed by atoms with Gasteiger partial charge in [0.05, 0.1) is 17.2 Å². The van der Waals surface area contributed by atoms with Crippen LogP contribution in [0.4, 0.5) is 17.1 Å². The van der Waals surface area contributed by atoms with E-state index in [1.165, 1.54) is 0 Å². The highest BCUT2D eigenvalue weighted by Crippen LogP contribution is 2.25. The van der Waals surface area contributed by atoms with Crippen LogP contribution in [0.5, 0.6) is 0 Å². The zero-order chi connectivity index (χ0) is 20.8. The number of anilines is 3. The van der Waals surface area contributed by atoms with Crippen molar-refractivity contribution in [3.63, 3.8) is 0 Å². The van der Waals surface area contributed by atoms with Crippen molar-refractivity contribution in [3.8, 4) is 0 Å². The lowest BCUT2D eigenvalue weighted by Crippen LogP contribution is -2.43. The summed E-state index contributed by atoms with van der Waals surface area (Å²) in [7, 11) is 0. The molecular formula is C25H25N3O2. The molecule has 1 aliphatic heterocycles. The Hall–Kier alpha value is -3.60. The van der Waals surface area contributed by atoms with Crippen LogP contribution in [0.1, 0.15) is 23.2 Å². The maximum Gasteiger partial charge on any atom is 0.255 e. The Morgan fingerprint density at radius 3 is 2.17 bits per heavy atom. The first-order chi connectivity index (χ1) is 14.7. The average Bonchev–Trinajstić information content (AvgIpc) is 2.80. The summed E-state index contributed by atoms with van der Waals surface area (Å²) in [4.78, 5) is 27.8. The first-order valence-electron chi connectivity index (χ1n) is 10.3. The lowest BCUT2D eigenvalue weighted by Gasteiger charge is -2.32. The predicted octanol–water partition coefficient (Wildman–Crippen LogP) is 4.92. The van der Waals surface area contributed by atoms with E-state index in [1.807, 2.05) is 84.9 Å². The summed E-state index contributed by atoms with van der Waals surface area (Å²) in [5, 5.41) is 6.30.